The Kier molecular flexibility index (Phi) is 4.66. The smallest absolute Gasteiger partial charge is 0.191 e. The monoisotopic (exact) mass is 216 g/mol. The van der Waals surface area contributed by atoms with Crippen molar-refractivity contribution in [1.82, 2.24) is 0 Å². The van der Waals surface area contributed by atoms with Gasteiger partial charge in [0.05, 0.1) is 13.7 Å². The van der Waals surface area contributed by atoms with Gasteiger partial charge >= 0.3 is 0 Å². The van der Waals surface area contributed by atoms with Crippen LogP contribution in [0.3, 0.4) is 0 Å². The highest BCUT2D eigenvalue weighted by Crippen LogP contribution is 2.24. The zero-order valence-corrected chi connectivity index (χ0v) is 9.05. The lowest BCUT2D eigenvalue weighted by atomic mass is 10.2. The Bertz CT molecular complexity index is 290. The lowest BCUT2D eigenvalue weighted by Gasteiger charge is -2.09. The highest BCUT2D eigenvalue weighted by molar-refractivity contribution is 7.09. The molecule has 78 valence electrons. The molecule has 0 spiro atoms. The van der Waals surface area contributed by atoms with Gasteiger partial charge in [-0.3, -0.25) is 0 Å². The number of hydrogen-bond donors (Lipinski definition) is 1. The largest absolute Gasteiger partial charge is 0.496 e. The number of aliphatic hydroxyl groups excluding tert-OH is 1. The number of ether oxygens (including phenoxy) is 2. The van der Waals surface area contributed by atoms with Gasteiger partial charge in [0.1, 0.15) is 11.5 Å². The summed E-state index contributed by atoms with van der Waals surface area (Å²) in [6.45, 7) is 0.107. The van der Waals surface area contributed by atoms with Gasteiger partial charge in [0.25, 0.3) is 0 Å². The molecule has 0 radical (unpaired) electrons. The van der Waals surface area contributed by atoms with Crippen LogP contribution < -0.4 is 9.47 Å². The topological polar surface area (TPSA) is 47.9 Å². The normalized spacial score (nSPS) is 9.93. The first-order valence-corrected chi connectivity index (χ1v) is 4.51. The average molecular weight is 216 g/mol. The van der Waals surface area contributed by atoms with Crippen molar-refractivity contribution >= 4 is 9.47 Å². The van der Waals surface area contributed by atoms with Crippen molar-refractivity contribution in [1.29, 1.82) is 0 Å². The second-order valence-corrected chi connectivity index (χ2v) is 2.89. The Morgan fingerprint density at radius 2 is 2.21 bits per heavy atom. The fourth-order valence-electron chi connectivity index (χ4n) is 1.05. The van der Waals surface area contributed by atoms with Crippen molar-refractivity contribution < 1.29 is 19.1 Å². The zero-order valence-electron chi connectivity index (χ0n) is 7.90. The predicted octanol–water partition coefficient (Wildman–Crippen LogP) is 1.33. The standard InChI is InChI=1S/C9H13O4P/c1-11-9-4-8(12-6-13-14)3-2-7(9)5-10/h2-4,10H,5-6,14H2,1H3. The van der Waals surface area contributed by atoms with E-state index in [2.05, 4.69) is 14.0 Å². The molecule has 0 saturated heterocycles. The van der Waals surface area contributed by atoms with Gasteiger partial charge in [0.15, 0.2) is 6.79 Å². The van der Waals surface area contributed by atoms with E-state index in [0.29, 0.717) is 11.5 Å². The molecule has 1 aromatic carbocycles. The van der Waals surface area contributed by atoms with E-state index < -0.39 is 0 Å². The Morgan fingerprint density at radius 3 is 2.79 bits per heavy atom. The molecule has 0 saturated carbocycles. The van der Waals surface area contributed by atoms with Gasteiger partial charge in [0, 0.05) is 21.1 Å². The van der Waals surface area contributed by atoms with Crippen molar-refractivity contribution in [2.24, 2.45) is 0 Å². The number of benzene rings is 1. The summed E-state index contributed by atoms with van der Waals surface area (Å²) in [7, 11) is 3.64. The molecular formula is C9H13O4P. The van der Waals surface area contributed by atoms with Crippen LogP contribution in [0.1, 0.15) is 5.56 Å². The maximum Gasteiger partial charge on any atom is 0.191 e. The third kappa shape index (κ3) is 2.84. The van der Waals surface area contributed by atoms with E-state index >= 15 is 0 Å². The van der Waals surface area contributed by atoms with Gasteiger partial charge in [-0.1, -0.05) is 0 Å². The van der Waals surface area contributed by atoms with Crippen LogP contribution in [-0.4, -0.2) is 19.0 Å². The molecule has 0 aliphatic heterocycles. The second kappa shape index (κ2) is 5.81. The Balaban J connectivity index is 2.79. The minimum atomic E-state index is -0.0520. The molecule has 0 aliphatic carbocycles. The van der Waals surface area contributed by atoms with Gasteiger partial charge in [-0.15, -0.1) is 0 Å². The van der Waals surface area contributed by atoms with Crippen LogP contribution in [0, 0.1) is 0 Å². The van der Waals surface area contributed by atoms with Crippen molar-refractivity contribution in [2.75, 3.05) is 13.9 Å². The van der Waals surface area contributed by atoms with Crippen LogP contribution in [0.25, 0.3) is 0 Å². The SMILES string of the molecule is COc1cc(OCOP)ccc1CO. The van der Waals surface area contributed by atoms with E-state index in [1.54, 1.807) is 25.3 Å². The molecule has 0 fully saturated rings. The number of rotatable bonds is 5. The first-order valence-electron chi connectivity index (χ1n) is 4.04. The fourth-order valence-corrected chi connectivity index (χ4v) is 1.12. The maximum atomic E-state index is 8.97. The predicted molar refractivity (Wildman–Crippen MR) is 55.2 cm³/mol. The zero-order chi connectivity index (χ0) is 10.4. The van der Waals surface area contributed by atoms with Gasteiger partial charge < -0.3 is 19.1 Å². The molecule has 0 aliphatic rings. The van der Waals surface area contributed by atoms with Crippen LogP contribution >= 0.6 is 9.47 Å². The molecular weight excluding hydrogens is 203 g/mol. The minimum Gasteiger partial charge on any atom is -0.496 e. The summed E-state index contributed by atoms with van der Waals surface area (Å²) in [6.07, 6.45) is 0. The van der Waals surface area contributed by atoms with E-state index in [1.165, 1.54) is 0 Å². The lowest BCUT2D eigenvalue weighted by Crippen LogP contribution is -1.98. The molecule has 0 aromatic heterocycles. The Labute approximate surface area is 85.1 Å². The molecule has 14 heavy (non-hydrogen) atoms. The lowest BCUT2D eigenvalue weighted by molar-refractivity contribution is 0.140. The van der Waals surface area contributed by atoms with E-state index in [1.807, 2.05) is 0 Å². The number of hydrogen-bond acceptors (Lipinski definition) is 4. The summed E-state index contributed by atoms with van der Waals surface area (Å²) in [4.78, 5) is 0. The summed E-state index contributed by atoms with van der Waals surface area (Å²) in [5.74, 6) is 1.25. The van der Waals surface area contributed by atoms with E-state index in [4.69, 9.17) is 14.6 Å². The summed E-state index contributed by atoms with van der Waals surface area (Å²) in [6, 6.07) is 5.20. The Morgan fingerprint density at radius 1 is 1.43 bits per heavy atom. The summed E-state index contributed by atoms with van der Waals surface area (Å²) in [5, 5.41) is 8.97. The summed E-state index contributed by atoms with van der Waals surface area (Å²) >= 11 is 0. The van der Waals surface area contributed by atoms with Crippen molar-refractivity contribution in [2.45, 2.75) is 6.61 Å². The third-order valence-electron chi connectivity index (χ3n) is 1.72. The molecule has 0 heterocycles. The molecule has 1 N–H and O–H groups in total. The molecule has 0 bridgehead atoms. The molecule has 5 heteroatoms. The van der Waals surface area contributed by atoms with E-state index in [-0.39, 0.29) is 13.4 Å². The van der Waals surface area contributed by atoms with Crippen LogP contribution in [-0.2, 0) is 11.1 Å². The molecule has 1 rings (SSSR count). The van der Waals surface area contributed by atoms with Crippen LogP contribution in [0.4, 0.5) is 0 Å². The van der Waals surface area contributed by atoms with Crippen LogP contribution in [0.15, 0.2) is 18.2 Å². The third-order valence-corrected chi connectivity index (χ3v) is 1.86. The molecule has 1 atom stereocenters. The first-order chi connectivity index (χ1) is 6.81. The fraction of sp³-hybridized carbons (Fsp3) is 0.333. The quantitative estimate of drug-likeness (QED) is 0.595. The summed E-state index contributed by atoms with van der Waals surface area (Å²) in [5.41, 5.74) is 0.728. The number of aliphatic hydroxyl groups is 1. The average Bonchev–Trinajstić information content (AvgIpc) is 2.25. The van der Waals surface area contributed by atoms with E-state index in [0.717, 1.165) is 5.56 Å². The van der Waals surface area contributed by atoms with Gasteiger partial charge in [-0.2, -0.15) is 0 Å². The Hall–Kier alpha value is -0.830. The van der Waals surface area contributed by atoms with Crippen molar-refractivity contribution in [3.8, 4) is 11.5 Å². The van der Waals surface area contributed by atoms with Crippen LogP contribution in [0.2, 0.25) is 0 Å². The number of methoxy groups -OCH3 is 1. The molecule has 1 aromatic rings. The molecule has 1 unspecified atom stereocenters. The van der Waals surface area contributed by atoms with Gasteiger partial charge in [-0.25, -0.2) is 0 Å². The maximum absolute atomic E-state index is 8.97. The second-order valence-electron chi connectivity index (χ2n) is 2.56. The highest BCUT2D eigenvalue weighted by atomic mass is 31.0. The van der Waals surface area contributed by atoms with Gasteiger partial charge in [0.2, 0.25) is 0 Å². The van der Waals surface area contributed by atoms with Crippen molar-refractivity contribution in [3.63, 3.8) is 0 Å². The van der Waals surface area contributed by atoms with E-state index in [9.17, 15) is 0 Å². The van der Waals surface area contributed by atoms with Gasteiger partial charge in [-0.05, 0) is 12.1 Å². The molecule has 4 nitrogen and oxygen atoms in total. The summed E-state index contributed by atoms with van der Waals surface area (Å²) < 4.78 is 14.9. The highest BCUT2D eigenvalue weighted by Gasteiger charge is 2.03. The first kappa shape index (κ1) is 11.2. The van der Waals surface area contributed by atoms with Crippen LogP contribution in [0.5, 0.6) is 11.5 Å². The van der Waals surface area contributed by atoms with Crippen molar-refractivity contribution in [3.05, 3.63) is 23.8 Å². The minimum absolute atomic E-state index is 0.0520. The molecule has 0 amide bonds.